The van der Waals surface area contributed by atoms with Crippen molar-refractivity contribution in [1.82, 2.24) is 0 Å². The van der Waals surface area contributed by atoms with E-state index in [-0.39, 0.29) is 109 Å². The number of carboxylic acid groups (broad SMARTS) is 3. The molecule has 0 aromatic heterocycles. The van der Waals surface area contributed by atoms with Crippen LogP contribution in [0.5, 0.6) is 0 Å². The van der Waals surface area contributed by atoms with Crippen molar-refractivity contribution in [1.29, 1.82) is 0 Å². The van der Waals surface area contributed by atoms with E-state index in [0.29, 0.717) is 5.56 Å². The Morgan fingerprint density at radius 2 is 1.38 bits per heavy atom. The Labute approximate surface area is 253 Å². The number of carbonyl (C=O) groups excluding carboxylic acids is 2. The molecule has 0 aliphatic heterocycles. The van der Waals surface area contributed by atoms with Crippen molar-refractivity contribution in [2.75, 3.05) is 0 Å². The topological polar surface area (TPSA) is 195 Å². The molecule has 0 fully saturated rings. The van der Waals surface area contributed by atoms with Gasteiger partial charge in [0.1, 0.15) is 0 Å². The molecule has 0 heterocycles. The number of hydrogen-bond donors (Lipinski definition) is 4. The zero-order chi connectivity index (χ0) is 21.9. The van der Waals surface area contributed by atoms with Crippen molar-refractivity contribution in [3.63, 3.8) is 0 Å². The summed E-state index contributed by atoms with van der Waals surface area (Å²) in [5.41, 5.74) is 0.331. The fourth-order valence-corrected chi connectivity index (χ4v) is 0.826. The summed E-state index contributed by atoms with van der Waals surface area (Å²) < 4.78 is 8.88. The molecule has 0 aliphatic carbocycles. The van der Waals surface area contributed by atoms with E-state index in [1.807, 2.05) is 0 Å². The van der Waals surface area contributed by atoms with Gasteiger partial charge in [0.05, 0.1) is 11.5 Å². The van der Waals surface area contributed by atoms with E-state index in [1.54, 1.807) is 49.4 Å². The number of rotatable bonds is 4. The molecule has 13 heteroatoms. The molecule has 29 heavy (non-hydrogen) atoms. The van der Waals surface area contributed by atoms with Gasteiger partial charge in [-0.05, 0) is 31.6 Å². The van der Waals surface area contributed by atoms with Crippen LogP contribution in [0.2, 0.25) is 0 Å². The van der Waals surface area contributed by atoms with Crippen molar-refractivity contribution in [3.05, 3.63) is 60.2 Å². The van der Waals surface area contributed by atoms with Crippen molar-refractivity contribution < 1.29 is 152 Å². The first-order valence-electron chi connectivity index (χ1n) is 7.11. The molecule has 4 N–H and O–H groups in total. The molecule has 0 aliphatic rings. The standard InChI is InChI=1S/C7H6O2.C6H8O2.C3H6O2.2K.H3O4P/c8-7(9)6-4-2-1-3-5-6;1-2-3-4-5-6(7)8;1-2-3(4)5;;;1-5(2,3)4/h1-5H,(H,8,9);2-5H,1H3,(H,7,8);2H2,1H3,(H,4,5);;;(H3,1,2,3,4)/q;;;2*+1;/p-2/b;3-2+,5-4+;;;;. The van der Waals surface area contributed by atoms with Crippen LogP contribution in [0.4, 0.5) is 0 Å². The first-order chi connectivity index (χ1) is 12.3. The van der Waals surface area contributed by atoms with Crippen molar-refractivity contribution in [2.24, 2.45) is 0 Å². The molecule has 1 aromatic rings. The first kappa shape index (κ1) is 39.9. The smallest absolute Gasteiger partial charge is 0.550 e. The summed E-state index contributed by atoms with van der Waals surface area (Å²) in [5.74, 6) is -3.04. The Balaban J connectivity index is -0.0000000893. The quantitative estimate of drug-likeness (QED) is 0.139. The Morgan fingerprint density at radius 3 is 1.59 bits per heavy atom. The van der Waals surface area contributed by atoms with Crippen molar-refractivity contribution in [3.8, 4) is 0 Å². The van der Waals surface area contributed by atoms with Gasteiger partial charge in [-0.25, -0.2) is 9.36 Å². The largest absolute Gasteiger partial charge is 1.00 e. The van der Waals surface area contributed by atoms with Gasteiger partial charge < -0.3 is 39.6 Å². The Morgan fingerprint density at radius 1 is 1.00 bits per heavy atom. The minimum Gasteiger partial charge on any atom is -0.550 e. The van der Waals surface area contributed by atoms with E-state index in [9.17, 15) is 24.6 Å². The molecule has 0 spiro atoms. The molecule has 0 unspecified atom stereocenters. The molecule has 0 bridgehead atoms. The predicted molar refractivity (Wildman–Crippen MR) is 91.9 cm³/mol. The minimum atomic E-state index is -4.64. The Hall–Kier alpha value is 0.493. The van der Waals surface area contributed by atoms with Crippen LogP contribution in [0.1, 0.15) is 30.6 Å². The van der Waals surface area contributed by atoms with E-state index in [4.69, 9.17) is 24.4 Å². The second-order valence-electron chi connectivity index (χ2n) is 4.11. The summed E-state index contributed by atoms with van der Waals surface area (Å²) in [5, 5.41) is 27.3. The molecule has 0 radical (unpaired) electrons. The molecule has 0 atom stereocenters. The maximum atomic E-state index is 10.2. The fraction of sp³-hybridized carbons (Fsp3) is 0.188. The van der Waals surface area contributed by atoms with Crippen LogP contribution in [0.15, 0.2) is 54.6 Å². The normalized spacial score (nSPS) is 9.14. The van der Waals surface area contributed by atoms with Gasteiger partial charge in [0.2, 0.25) is 0 Å². The summed E-state index contributed by atoms with van der Waals surface area (Å²) >= 11 is 0. The van der Waals surface area contributed by atoms with Gasteiger partial charge in [0, 0.05) is 5.97 Å². The molecule has 0 amide bonds. The number of allylic oxidation sites excluding steroid dienone is 3. The summed E-state index contributed by atoms with van der Waals surface area (Å²) in [4.78, 5) is 50.7. The van der Waals surface area contributed by atoms with E-state index in [0.717, 1.165) is 6.08 Å². The molecule has 152 valence electrons. The van der Waals surface area contributed by atoms with E-state index < -0.39 is 25.7 Å². The molecular weight excluding hydrogens is 461 g/mol. The van der Waals surface area contributed by atoms with E-state index >= 15 is 0 Å². The summed E-state index contributed by atoms with van der Waals surface area (Å²) in [6.07, 6.45) is 5.85. The monoisotopic (exact) mass is 482 g/mol. The van der Waals surface area contributed by atoms with Crippen LogP contribution in [0.3, 0.4) is 0 Å². The first-order valence-corrected chi connectivity index (χ1v) is 8.68. The molecular formula is C16H21K2O10P. The van der Waals surface area contributed by atoms with Crippen LogP contribution >= 0.6 is 7.82 Å². The molecule has 10 nitrogen and oxygen atoms in total. The van der Waals surface area contributed by atoms with Crippen molar-refractivity contribution in [2.45, 2.75) is 20.3 Å². The SMILES string of the molecule is C/C=C/C=C/C(=O)[O-].CCC(=O)[O-].O=C(O)c1ccccc1.O=P(O)(O)O.[K+].[K+]. The van der Waals surface area contributed by atoms with Gasteiger partial charge in [-0.3, -0.25) is 0 Å². The van der Waals surface area contributed by atoms with Gasteiger partial charge in [-0.15, -0.1) is 0 Å². The number of phosphoric acid groups is 1. The molecule has 0 saturated heterocycles. The van der Waals surface area contributed by atoms with Gasteiger partial charge in [0.15, 0.2) is 0 Å². The third-order valence-corrected chi connectivity index (χ3v) is 1.85. The van der Waals surface area contributed by atoms with Crippen LogP contribution in [-0.4, -0.2) is 37.7 Å². The van der Waals surface area contributed by atoms with Gasteiger partial charge >= 0.3 is 117 Å². The summed E-state index contributed by atoms with van der Waals surface area (Å²) in [6.45, 7) is 3.34. The van der Waals surface area contributed by atoms with E-state index in [2.05, 4.69) is 0 Å². The van der Waals surface area contributed by atoms with Crippen LogP contribution in [0.25, 0.3) is 0 Å². The second kappa shape index (κ2) is 26.5. The van der Waals surface area contributed by atoms with Crippen molar-refractivity contribution >= 4 is 25.7 Å². The van der Waals surface area contributed by atoms with Gasteiger partial charge in [-0.1, -0.05) is 43.4 Å². The maximum absolute atomic E-state index is 10.2. The zero-order valence-electron chi connectivity index (χ0n) is 16.6. The number of hydrogen-bond acceptors (Lipinski definition) is 6. The second-order valence-corrected chi connectivity index (χ2v) is 5.14. The number of aromatic carboxylic acids is 1. The molecule has 1 rings (SSSR count). The summed E-state index contributed by atoms with van der Waals surface area (Å²) in [7, 11) is -4.64. The average molecular weight is 483 g/mol. The fourth-order valence-electron chi connectivity index (χ4n) is 0.826. The predicted octanol–water partition coefficient (Wildman–Crippen LogP) is -6.52. The zero-order valence-corrected chi connectivity index (χ0v) is 23.7. The number of carboxylic acids is 3. The third-order valence-electron chi connectivity index (χ3n) is 1.85. The molecule has 0 saturated carbocycles. The number of carbonyl (C=O) groups is 3. The van der Waals surface area contributed by atoms with E-state index in [1.165, 1.54) is 13.0 Å². The Kier molecular flexibility index (Phi) is 36.5. The maximum Gasteiger partial charge on any atom is 1.00 e. The third kappa shape index (κ3) is 52.6. The van der Waals surface area contributed by atoms with Gasteiger partial charge in [-0.2, -0.15) is 0 Å². The van der Waals surface area contributed by atoms with Crippen LogP contribution in [0, 0.1) is 0 Å². The van der Waals surface area contributed by atoms with Crippen LogP contribution in [-0.2, 0) is 14.2 Å². The number of benzene rings is 1. The average Bonchev–Trinajstić information content (AvgIpc) is 2.55. The Bertz CT molecular complexity index is 649. The minimum absolute atomic E-state index is 0. The molecule has 1 aromatic carbocycles. The summed E-state index contributed by atoms with van der Waals surface area (Å²) in [6, 6.07) is 8.30. The van der Waals surface area contributed by atoms with Gasteiger partial charge in [0.25, 0.3) is 0 Å². The van der Waals surface area contributed by atoms with Crippen LogP contribution < -0.4 is 113 Å². The number of aliphatic carboxylic acids is 2.